The Kier molecular flexibility index (Phi) is 4.51. The first kappa shape index (κ1) is 15.4. The molecule has 1 aliphatic rings. The molecule has 2 N–H and O–H groups in total. The molecule has 0 spiro atoms. The zero-order valence-corrected chi connectivity index (χ0v) is 13.6. The summed E-state index contributed by atoms with van der Waals surface area (Å²) >= 11 is 0. The fourth-order valence-corrected chi connectivity index (χ4v) is 2.84. The van der Waals surface area contributed by atoms with Crippen LogP contribution >= 0.6 is 0 Å². The monoisotopic (exact) mass is 310 g/mol. The number of ether oxygens (including phenoxy) is 1. The molecule has 120 valence electrons. The summed E-state index contributed by atoms with van der Waals surface area (Å²) in [6, 6.07) is 14.1. The van der Waals surface area contributed by atoms with Crippen molar-refractivity contribution in [3.63, 3.8) is 0 Å². The largest absolute Gasteiger partial charge is 0.493 e. The molecule has 0 aromatic heterocycles. The first-order chi connectivity index (χ1) is 11.1. The predicted octanol–water partition coefficient (Wildman–Crippen LogP) is 3.36. The van der Waals surface area contributed by atoms with Crippen LogP contribution in [-0.4, -0.2) is 19.1 Å². The molecule has 2 aromatic rings. The van der Waals surface area contributed by atoms with Crippen LogP contribution < -0.4 is 15.4 Å². The Bertz CT molecular complexity index is 712. The minimum Gasteiger partial charge on any atom is -0.493 e. The Balaban J connectivity index is 1.61. The third-order valence-electron chi connectivity index (χ3n) is 4.13. The lowest BCUT2D eigenvalue weighted by atomic mass is 10.0. The molecular formula is C19H22N2O2. The summed E-state index contributed by atoms with van der Waals surface area (Å²) in [7, 11) is 0. The fraction of sp³-hybridized carbons (Fsp3) is 0.316. The quantitative estimate of drug-likeness (QED) is 0.910. The van der Waals surface area contributed by atoms with Gasteiger partial charge in [0, 0.05) is 17.7 Å². The number of hydrogen-bond donors (Lipinski definition) is 2. The van der Waals surface area contributed by atoms with E-state index in [1.807, 2.05) is 38.1 Å². The van der Waals surface area contributed by atoms with Gasteiger partial charge in [-0.3, -0.25) is 4.79 Å². The van der Waals surface area contributed by atoms with E-state index in [2.05, 4.69) is 28.8 Å². The van der Waals surface area contributed by atoms with Gasteiger partial charge in [-0.2, -0.15) is 0 Å². The second kappa shape index (κ2) is 6.73. The molecular weight excluding hydrogens is 288 g/mol. The summed E-state index contributed by atoms with van der Waals surface area (Å²) in [5, 5.41) is 6.32. The first-order valence-electron chi connectivity index (χ1n) is 7.96. The molecule has 0 saturated carbocycles. The van der Waals surface area contributed by atoms with Gasteiger partial charge >= 0.3 is 0 Å². The summed E-state index contributed by atoms with van der Waals surface area (Å²) < 4.78 is 5.63. The van der Waals surface area contributed by atoms with Crippen LogP contribution in [0.25, 0.3) is 0 Å². The zero-order chi connectivity index (χ0) is 16.2. The molecule has 1 atom stereocenters. The smallest absolute Gasteiger partial charge is 0.239 e. The molecule has 2 aromatic carbocycles. The Morgan fingerprint density at radius 3 is 2.91 bits per heavy atom. The first-order valence-corrected chi connectivity index (χ1v) is 7.96. The summed E-state index contributed by atoms with van der Waals surface area (Å²) in [6.45, 7) is 4.98. The second-order valence-corrected chi connectivity index (χ2v) is 5.97. The molecule has 1 amide bonds. The number of fused-ring (bicyclic) bond motifs is 1. The number of anilines is 1. The van der Waals surface area contributed by atoms with Crippen LogP contribution in [0.3, 0.4) is 0 Å². The van der Waals surface area contributed by atoms with Crippen molar-refractivity contribution in [1.82, 2.24) is 5.32 Å². The van der Waals surface area contributed by atoms with Crippen LogP contribution in [0.4, 0.5) is 5.69 Å². The van der Waals surface area contributed by atoms with Crippen LogP contribution in [0, 0.1) is 13.8 Å². The van der Waals surface area contributed by atoms with Gasteiger partial charge in [0.2, 0.25) is 5.91 Å². The average molecular weight is 310 g/mol. The van der Waals surface area contributed by atoms with E-state index in [0.717, 1.165) is 29.0 Å². The average Bonchev–Trinajstić information content (AvgIpc) is 2.56. The van der Waals surface area contributed by atoms with Crippen LogP contribution in [0.1, 0.15) is 29.2 Å². The van der Waals surface area contributed by atoms with E-state index in [1.54, 1.807) is 0 Å². The van der Waals surface area contributed by atoms with Gasteiger partial charge in [0.25, 0.3) is 0 Å². The van der Waals surface area contributed by atoms with E-state index in [9.17, 15) is 4.79 Å². The van der Waals surface area contributed by atoms with Gasteiger partial charge in [-0.05, 0) is 37.1 Å². The van der Waals surface area contributed by atoms with E-state index in [-0.39, 0.29) is 18.5 Å². The maximum absolute atomic E-state index is 12.3. The standard InChI is InChI=1S/C19H22N2O2/c1-13-7-8-14(2)17(11-13)20-12-19(22)21-16-9-10-23-18-6-4-3-5-15(16)18/h3-8,11,16,20H,9-10,12H2,1-2H3,(H,21,22). The van der Waals surface area contributed by atoms with Gasteiger partial charge in [-0.1, -0.05) is 30.3 Å². The van der Waals surface area contributed by atoms with Crippen molar-refractivity contribution in [2.75, 3.05) is 18.5 Å². The van der Waals surface area contributed by atoms with Gasteiger partial charge < -0.3 is 15.4 Å². The van der Waals surface area contributed by atoms with Gasteiger partial charge in [0.05, 0.1) is 19.2 Å². The molecule has 23 heavy (non-hydrogen) atoms. The van der Waals surface area contributed by atoms with E-state index in [4.69, 9.17) is 4.74 Å². The Labute approximate surface area is 136 Å². The third kappa shape index (κ3) is 3.65. The molecule has 4 heteroatoms. The molecule has 3 rings (SSSR count). The fourth-order valence-electron chi connectivity index (χ4n) is 2.84. The van der Waals surface area contributed by atoms with Crippen molar-refractivity contribution in [3.8, 4) is 5.75 Å². The Morgan fingerprint density at radius 2 is 2.04 bits per heavy atom. The van der Waals surface area contributed by atoms with Gasteiger partial charge in [-0.25, -0.2) is 0 Å². The highest BCUT2D eigenvalue weighted by atomic mass is 16.5. The maximum Gasteiger partial charge on any atom is 0.239 e. The second-order valence-electron chi connectivity index (χ2n) is 5.97. The Morgan fingerprint density at radius 1 is 1.22 bits per heavy atom. The summed E-state index contributed by atoms with van der Waals surface area (Å²) in [5.74, 6) is 0.860. The van der Waals surface area contributed by atoms with Crippen LogP contribution in [0.15, 0.2) is 42.5 Å². The number of hydrogen-bond acceptors (Lipinski definition) is 3. The van der Waals surface area contributed by atoms with Crippen molar-refractivity contribution < 1.29 is 9.53 Å². The zero-order valence-electron chi connectivity index (χ0n) is 13.6. The molecule has 1 unspecified atom stereocenters. The molecule has 0 radical (unpaired) electrons. The van der Waals surface area contributed by atoms with Crippen LogP contribution in [-0.2, 0) is 4.79 Å². The highest BCUT2D eigenvalue weighted by molar-refractivity contribution is 5.81. The number of nitrogens with one attached hydrogen (secondary N) is 2. The number of benzene rings is 2. The Hall–Kier alpha value is -2.49. The van der Waals surface area contributed by atoms with Crippen molar-refractivity contribution >= 4 is 11.6 Å². The van der Waals surface area contributed by atoms with Gasteiger partial charge in [0.1, 0.15) is 5.75 Å². The topological polar surface area (TPSA) is 50.4 Å². The number of aryl methyl sites for hydroxylation is 2. The van der Waals surface area contributed by atoms with Gasteiger partial charge in [-0.15, -0.1) is 0 Å². The van der Waals surface area contributed by atoms with E-state index in [1.165, 1.54) is 5.56 Å². The van der Waals surface area contributed by atoms with Crippen LogP contribution in [0.2, 0.25) is 0 Å². The highest BCUT2D eigenvalue weighted by Gasteiger charge is 2.22. The van der Waals surface area contributed by atoms with E-state index < -0.39 is 0 Å². The number of carbonyl (C=O) groups excluding carboxylic acids is 1. The minimum atomic E-state index is -0.00684. The highest BCUT2D eigenvalue weighted by Crippen LogP contribution is 2.31. The van der Waals surface area contributed by atoms with Crippen molar-refractivity contribution in [2.24, 2.45) is 0 Å². The SMILES string of the molecule is Cc1ccc(C)c(NCC(=O)NC2CCOc3ccccc32)c1. The lowest BCUT2D eigenvalue weighted by Gasteiger charge is -2.26. The van der Waals surface area contributed by atoms with Crippen molar-refractivity contribution in [1.29, 1.82) is 0 Å². The number of rotatable bonds is 4. The maximum atomic E-state index is 12.3. The normalized spacial score (nSPS) is 16.2. The third-order valence-corrected chi connectivity index (χ3v) is 4.13. The summed E-state index contributed by atoms with van der Waals surface area (Å²) in [4.78, 5) is 12.3. The number of amides is 1. The molecule has 1 aliphatic heterocycles. The summed E-state index contributed by atoms with van der Waals surface area (Å²) in [6.07, 6.45) is 0.798. The number of carbonyl (C=O) groups is 1. The molecule has 0 saturated heterocycles. The van der Waals surface area contributed by atoms with Crippen LogP contribution in [0.5, 0.6) is 5.75 Å². The lowest BCUT2D eigenvalue weighted by Crippen LogP contribution is -2.35. The molecule has 1 heterocycles. The molecule has 0 aliphatic carbocycles. The lowest BCUT2D eigenvalue weighted by molar-refractivity contribution is -0.120. The molecule has 4 nitrogen and oxygen atoms in total. The summed E-state index contributed by atoms with van der Waals surface area (Å²) in [5.41, 5.74) is 4.38. The van der Waals surface area contributed by atoms with E-state index in [0.29, 0.717) is 6.61 Å². The minimum absolute atomic E-state index is 0.00684. The molecule has 0 fully saturated rings. The van der Waals surface area contributed by atoms with Crippen molar-refractivity contribution in [3.05, 3.63) is 59.2 Å². The van der Waals surface area contributed by atoms with Gasteiger partial charge in [0.15, 0.2) is 0 Å². The predicted molar refractivity (Wildman–Crippen MR) is 91.8 cm³/mol. The van der Waals surface area contributed by atoms with E-state index >= 15 is 0 Å². The number of para-hydroxylation sites is 1. The van der Waals surface area contributed by atoms with Crippen molar-refractivity contribution in [2.45, 2.75) is 26.3 Å². The molecule has 0 bridgehead atoms.